The van der Waals surface area contributed by atoms with E-state index in [9.17, 15) is 0 Å². The normalized spacial score (nSPS) is 11.3. The summed E-state index contributed by atoms with van der Waals surface area (Å²) in [5.74, 6) is 0.913. The Kier molecular flexibility index (Phi) is 17.7. The predicted octanol–water partition coefficient (Wildman–Crippen LogP) is 16.1. The van der Waals surface area contributed by atoms with Crippen LogP contribution in [0.25, 0.3) is 88.9 Å². The highest BCUT2D eigenvalue weighted by molar-refractivity contribution is 5.79. The Bertz CT molecular complexity index is 4880. The van der Waals surface area contributed by atoms with E-state index in [1.165, 1.54) is 110 Å². The minimum Gasteiger partial charge on any atom is -0.255 e. The molecule has 14 aromatic rings. The minimum absolute atomic E-state index is 0.457. The van der Waals surface area contributed by atoms with E-state index < -0.39 is 0 Å². The first-order valence-electron chi connectivity index (χ1n) is 31.3. The van der Waals surface area contributed by atoms with E-state index in [1.54, 1.807) is 0 Å². The van der Waals surface area contributed by atoms with E-state index in [0.29, 0.717) is 11.8 Å². The third-order valence-corrected chi connectivity index (χ3v) is 17.6. The van der Waals surface area contributed by atoms with Gasteiger partial charge in [-0.2, -0.15) is 4.68 Å². The highest BCUT2D eigenvalue weighted by atomic mass is 15.4. The van der Waals surface area contributed by atoms with Gasteiger partial charge in [0.05, 0.1) is 71.0 Å². The van der Waals surface area contributed by atoms with Crippen LogP contribution in [0.5, 0.6) is 0 Å². The second kappa shape index (κ2) is 25.9. The van der Waals surface area contributed by atoms with Crippen LogP contribution in [0.3, 0.4) is 0 Å². The van der Waals surface area contributed by atoms with E-state index in [-0.39, 0.29) is 0 Å². The molecule has 0 radical (unpaired) electrons. The summed E-state index contributed by atoms with van der Waals surface area (Å²) in [7, 11) is 8.36. The third-order valence-electron chi connectivity index (χ3n) is 17.6. The van der Waals surface area contributed by atoms with Crippen LogP contribution in [-0.4, -0.2) is 33.7 Å². The van der Waals surface area contributed by atoms with Crippen LogP contribution in [0, 0.1) is 55.4 Å². The Labute approximate surface area is 530 Å². The van der Waals surface area contributed by atoms with E-state index in [0.717, 1.165) is 34.1 Å². The fourth-order valence-electron chi connectivity index (χ4n) is 12.8. The molecule has 11 nitrogen and oxygen atoms in total. The highest BCUT2D eigenvalue weighted by Gasteiger charge is 2.24. The van der Waals surface area contributed by atoms with Gasteiger partial charge < -0.3 is 0 Å². The Morgan fingerprint density at radius 2 is 0.822 bits per heavy atom. The number of nitrogens with zero attached hydrogens (tertiary/aromatic N) is 11. The molecule has 90 heavy (non-hydrogen) atoms. The van der Waals surface area contributed by atoms with Crippen LogP contribution in [0.15, 0.2) is 213 Å². The quantitative estimate of drug-likeness (QED) is 0.142. The molecule has 14 rings (SSSR count). The Morgan fingerprint density at radius 1 is 0.389 bits per heavy atom. The summed E-state index contributed by atoms with van der Waals surface area (Å²) in [5, 5.41) is 4.96. The highest BCUT2D eigenvalue weighted by Crippen LogP contribution is 2.36. The number of hydrogen-bond donors (Lipinski definition) is 0. The lowest BCUT2D eigenvalue weighted by Gasteiger charge is -2.20. The van der Waals surface area contributed by atoms with Crippen molar-refractivity contribution in [3.8, 4) is 45.3 Å². The van der Waals surface area contributed by atoms with Gasteiger partial charge in [-0.1, -0.05) is 135 Å². The van der Waals surface area contributed by atoms with Gasteiger partial charge in [0.15, 0.2) is 21.1 Å². The number of fused-ring (bicyclic) bond motifs is 4. The van der Waals surface area contributed by atoms with Gasteiger partial charge in [0, 0.05) is 41.1 Å². The molecular formula is C79H85N11+4. The summed E-state index contributed by atoms with van der Waals surface area (Å²) in [6, 6.07) is 59.8. The second-order valence-electron chi connectivity index (χ2n) is 24.7. The summed E-state index contributed by atoms with van der Waals surface area (Å²) >= 11 is 0. The summed E-state index contributed by atoms with van der Waals surface area (Å²) < 4.78 is 17.4. The van der Waals surface area contributed by atoms with E-state index in [4.69, 9.17) is 9.97 Å². The molecular weight excluding hydrogens is 1100 g/mol. The molecule has 0 saturated carbocycles. The zero-order valence-corrected chi connectivity index (χ0v) is 55.3. The van der Waals surface area contributed by atoms with Crippen molar-refractivity contribution >= 4 is 43.6 Å². The zero-order chi connectivity index (χ0) is 63.7. The first-order valence-corrected chi connectivity index (χ1v) is 31.3. The van der Waals surface area contributed by atoms with Crippen molar-refractivity contribution in [2.24, 2.45) is 28.2 Å². The van der Waals surface area contributed by atoms with Gasteiger partial charge in [0.1, 0.15) is 28.3 Å². The average Bonchev–Trinajstić information content (AvgIpc) is 1.56. The maximum Gasteiger partial charge on any atom is 0.259 e. The van der Waals surface area contributed by atoms with Crippen molar-refractivity contribution in [2.75, 3.05) is 0 Å². The molecule has 0 spiro atoms. The average molecular weight is 1190 g/mol. The molecule has 7 aromatic heterocycles. The molecule has 0 aliphatic rings. The summed E-state index contributed by atoms with van der Waals surface area (Å²) in [4.78, 5) is 14.1. The molecule has 0 amide bonds. The monoisotopic (exact) mass is 1190 g/mol. The lowest BCUT2D eigenvalue weighted by molar-refractivity contribution is -0.721. The van der Waals surface area contributed by atoms with Gasteiger partial charge in [0.2, 0.25) is 22.7 Å². The van der Waals surface area contributed by atoms with E-state index >= 15 is 0 Å². The molecule has 7 heterocycles. The molecule has 0 saturated heterocycles. The van der Waals surface area contributed by atoms with Crippen molar-refractivity contribution in [1.29, 1.82) is 0 Å². The van der Waals surface area contributed by atoms with E-state index in [1.807, 2.05) is 31.6 Å². The van der Waals surface area contributed by atoms with Crippen LogP contribution in [-0.2, 0) is 28.2 Å². The third kappa shape index (κ3) is 12.1. The van der Waals surface area contributed by atoms with Crippen LogP contribution in [0.1, 0.15) is 95.3 Å². The number of aromatic nitrogens is 11. The lowest BCUT2D eigenvalue weighted by atomic mass is 9.86. The van der Waals surface area contributed by atoms with Crippen molar-refractivity contribution in [3.05, 3.63) is 269 Å². The van der Waals surface area contributed by atoms with Gasteiger partial charge in [-0.05, 0) is 161 Å². The number of benzene rings is 7. The van der Waals surface area contributed by atoms with Gasteiger partial charge in [-0.3, -0.25) is 15.0 Å². The molecule has 0 aliphatic heterocycles. The standard InChI is InChI=1S/C26H30N3.C22H22N3.C16H17N2.C15H16N3/c1-17(2)21-11-9-12-22(18(3)4)26(21)23-14-19(5)25(15-27-23)29-16-20-10-7-8-13-24(20)28(29)6;1-15-8-7-9-16(2)22(15)19-12-17(3)21(13-23-19)25-14-18-10-5-6-11-20(18)24(25)4;1-12-8-9-15(13(2)10-12)18-11-14-6-4-5-7-16(14)17(18)3;1-11-8-9-16-12(2)15(11)18-10-13-6-4-5-7-14(13)17(18)3/h7-18H,1-6H3;5-14H,1-4H3;4-11H,1-3H3;4-10H,1-3H3/q4*+1. The van der Waals surface area contributed by atoms with Crippen molar-refractivity contribution in [3.63, 3.8) is 0 Å². The molecule has 0 atom stereocenters. The summed E-state index contributed by atoms with van der Waals surface area (Å²) in [5.41, 5.74) is 26.7. The molecule has 7 aromatic carbocycles. The molecule has 0 aliphatic carbocycles. The van der Waals surface area contributed by atoms with Crippen LogP contribution in [0.2, 0.25) is 0 Å². The molecule has 0 bridgehead atoms. The largest absolute Gasteiger partial charge is 0.259 e. The van der Waals surface area contributed by atoms with Crippen molar-refractivity contribution in [1.82, 2.24) is 33.7 Å². The zero-order valence-electron chi connectivity index (χ0n) is 55.3. The van der Waals surface area contributed by atoms with Gasteiger partial charge in [0.25, 0.3) is 5.69 Å². The Hall–Kier alpha value is -10.1. The fourth-order valence-corrected chi connectivity index (χ4v) is 12.8. The summed E-state index contributed by atoms with van der Waals surface area (Å²) in [6.45, 7) is 26.1. The van der Waals surface area contributed by atoms with Gasteiger partial charge in [-0.25, -0.2) is 0 Å². The number of para-hydroxylation sites is 4. The number of rotatable bonds is 8. The SMILES string of the molecule is Cc1cc(-c2c(C(C)C)cccc2C(C)C)ncc1-n1cc2ccccc2[n+]1C.Cc1cc(-c2c(C)cccc2C)ncc1-n1cc2ccccc2[n+]1C.Cc1ccc(-n2cc3ccccc3[n+]2C)c(C)c1.Cc1ccnc(C)c1-[n+]1cc2ccccc2n1C. The van der Waals surface area contributed by atoms with Crippen LogP contribution < -0.4 is 18.7 Å². The molecule has 0 fully saturated rings. The first-order chi connectivity index (χ1) is 43.3. The molecule has 452 valence electrons. The maximum atomic E-state index is 4.95. The Balaban J connectivity index is 0.000000126. The number of hydrogen-bond acceptors (Lipinski definition) is 3. The van der Waals surface area contributed by atoms with Crippen LogP contribution >= 0.6 is 0 Å². The maximum absolute atomic E-state index is 4.95. The van der Waals surface area contributed by atoms with Gasteiger partial charge in [-0.15, -0.1) is 28.1 Å². The van der Waals surface area contributed by atoms with Gasteiger partial charge >= 0.3 is 0 Å². The Morgan fingerprint density at radius 3 is 1.27 bits per heavy atom. The second-order valence-corrected chi connectivity index (χ2v) is 24.7. The molecule has 0 unspecified atom stereocenters. The van der Waals surface area contributed by atoms with Crippen LogP contribution in [0.4, 0.5) is 0 Å². The smallest absolute Gasteiger partial charge is 0.255 e. The number of pyridine rings is 3. The van der Waals surface area contributed by atoms with Crippen molar-refractivity contribution in [2.45, 2.75) is 94.9 Å². The molecule has 0 N–H and O–H groups in total. The topological polar surface area (TPSA) is 73.9 Å². The lowest BCUT2D eigenvalue weighted by Crippen LogP contribution is -2.40. The van der Waals surface area contributed by atoms with E-state index in [2.05, 4.69) is 335 Å². The minimum atomic E-state index is 0.457. The fraction of sp³-hybridized carbons (Fsp3) is 0.228. The summed E-state index contributed by atoms with van der Waals surface area (Å²) in [6.07, 6.45) is 14.6. The molecule has 11 heteroatoms. The van der Waals surface area contributed by atoms with Crippen molar-refractivity contribution < 1.29 is 18.7 Å². The number of aryl methyl sites for hydroxylation is 12. The predicted molar refractivity (Wildman–Crippen MR) is 368 cm³/mol. The first kappa shape index (κ1) is 61.5.